The van der Waals surface area contributed by atoms with Gasteiger partial charge in [-0.3, -0.25) is 4.79 Å². The molecule has 0 saturated carbocycles. The lowest BCUT2D eigenvalue weighted by atomic mass is 10.1. The van der Waals surface area contributed by atoms with Crippen molar-refractivity contribution in [3.05, 3.63) is 77.4 Å². The number of nitrogens with zero attached hydrogens (tertiary/aromatic N) is 2. The molecule has 4 rings (SSSR count). The molecule has 0 bridgehead atoms. The second-order valence-corrected chi connectivity index (χ2v) is 7.39. The highest BCUT2D eigenvalue weighted by atomic mass is 32.1. The molecule has 0 fully saturated rings. The second-order valence-electron chi connectivity index (χ2n) is 6.53. The van der Waals surface area contributed by atoms with Crippen LogP contribution >= 0.6 is 11.3 Å². The van der Waals surface area contributed by atoms with Gasteiger partial charge >= 0.3 is 0 Å². The quantitative estimate of drug-likeness (QED) is 0.478. The van der Waals surface area contributed by atoms with Crippen molar-refractivity contribution in [1.29, 1.82) is 0 Å². The van der Waals surface area contributed by atoms with Crippen molar-refractivity contribution in [3.8, 4) is 17.0 Å². The summed E-state index contributed by atoms with van der Waals surface area (Å²) in [5, 5.41) is 5.36. The molecule has 1 N–H and O–H groups in total. The van der Waals surface area contributed by atoms with E-state index in [2.05, 4.69) is 15.3 Å². The molecule has 4 aromatic rings. The number of benzene rings is 2. The van der Waals surface area contributed by atoms with Gasteiger partial charge in [-0.15, -0.1) is 11.3 Å². The van der Waals surface area contributed by atoms with E-state index < -0.39 is 0 Å². The normalized spacial score (nSPS) is 10.9. The molecule has 30 heavy (non-hydrogen) atoms. The third kappa shape index (κ3) is 4.60. The van der Waals surface area contributed by atoms with Gasteiger partial charge in [0.2, 0.25) is 5.88 Å². The van der Waals surface area contributed by atoms with E-state index in [9.17, 15) is 13.6 Å². The highest BCUT2D eigenvalue weighted by molar-refractivity contribution is 7.17. The van der Waals surface area contributed by atoms with Crippen molar-refractivity contribution in [2.75, 3.05) is 13.2 Å². The third-order valence-electron chi connectivity index (χ3n) is 4.48. The van der Waals surface area contributed by atoms with E-state index in [-0.39, 0.29) is 24.1 Å². The van der Waals surface area contributed by atoms with Crippen LogP contribution in [0.2, 0.25) is 0 Å². The summed E-state index contributed by atoms with van der Waals surface area (Å²) in [6.07, 6.45) is 1.97. The minimum atomic E-state index is -0.316. The summed E-state index contributed by atoms with van der Waals surface area (Å²) in [7, 11) is 0. The number of carbonyl (C=O) groups excluding carboxylic acids is 1. The first-order valence-corrected chi connectivity index (χ1v) is 10.1. The van der Waals surface area contributed by atoms with Crippen LogP contribution in [-0.2, 0) is 11.2 Å². The first-order chi connectivity index (χ1) is 14.6. The third-order valence-corrected chi connectivity index (χ3v) is 5.37. The first kappa shape index (κ1) is 19.9. The van der Waals surface area contributed by atoms with Gasteiger partial charge in [-0.25, -0.2) is 18.7 Å². The van der Waals surface area contributed by atoms with E-state index in [0.29, 0.717) is 24.2 Å². The van der Waals surface area contributed by atoms with Gasteiger partial charge in [-0.1, -0.05) is 24.3 Å². The number of hydrogen-bond donors (Lipinski definition) is 1. The molecule has 2 aromatic heterocycles. The molecule has 2 heterocycles. The largest absolute Gasteiger partial charge is 0.467 e. The lowest BCUT2D eigenvalue weighted by Crippen LogP contribution is -2.30. The van der Waals surface area contributed by atoms with Crippen LogP contribution in [0.25, 0.3) is 21.3 Å². The Labute approximate surface area is 175 Å². The number of fused-ring (bicyclic) bond motifs is 1. The van der Waals surface area contributed by atoms with Crippen LogP contribution in [-0.4, -0.2) is 29.0 Å². The van der Waals surface area contributed by atoms with E-state index in [1.807, 2.05) is 5.38 Å². The van der Waals surface area contributed by atoms with E-state index in [4.69, 9.17) is 4.74 Å². The number of thiophene rings is 1. The van der Waals surface area contributed by atoms with Crippen LogP contribution in [0.15, 0.2) is 60.2 Å². The monoisotopic (exact) mass is 425 g/mol. The van der Waals surface area contributed by atoms with Crippen LogP contribution in [0.3, 0.4) is 0 Å². The summed E-state index contributed by atoms with van der Waals surface area (Å²) >= 11 is 1.42. The van der Waals surface area contributed by atoms with Crippen molar-refractivity contribution in [2.45, 2.75) is 6.42 Å². The average Bonchev–Trinajstić information content (AvgIpc) is 3.19. The Morgan fingerprint density at radius 3 is 2.43 bits per heavy atom. The molecule has 1 amide bonds. The van der Waals surface area contributed by atoms with Crippen molar-refractivity contribution < 1.29 is 18.3 Å². The highest BCUT2D eigenvalue weighted by Crippen LogP contribution is 2.37. The van der Waals surface area contributed by atoms with Gasteiger partial charge in [0, 0.05) is 17.5 Å². The molecule has 0 unspecified atom stereocenters. The van der Waals surface area contributed by atoms with Gasteiger partial charge in [0.15, 0.2) is 6.61 Å². The Kier molecular flexibility index (Phi) is 5.94. The first-order valence-electron chi connectivity index (χ1n) is 9.22. The fraction of sp³-hybridized carbons (Fsp3) is 0.136. The molecular weight excluding hydrogens is 408 g/mol. The number of carbonyl (C=O) groups is 1. The lowest BCUT2D eigenvalue weighted by Gasteiger charge is -2.09. The van der Waals surface area contributed by atoms with Crippen molar-refractivity contribution in [2.24, 2.45) is 0 Å². The summed E-state index contributed by atoms with van der Waals surface area (Å²) < 4.78 is 31.8. The van der Waals surface area contributed by atoms with E-state index >= 15 is 0 Å². The summed E-state index contributed by atoms with van der Waals surface area (Å²) in [5.41, 5.74) is 2.56. The smallest absolute Gasteiger partial charge is 0.258 e. The zero-order chi connectivity index (χ0) is 20.9. The number of halogens is 2. The molecule has 0 atom stereocenters. The zero-order valence-electron chi connectivity index (χ0n) is 15.8. The minimum Gasteiger partial charge on any atom is -0.467 e. The molecule has 0 aliphatic rings. The van der Waals surface area contributed by atoms with Crippen LogP contribution in [0, 0.1) is 11.6 Å². The fourth-order valence-corrected chi connectivity index (χ4v) is 3.89. The Morgan fingerprint density at radius 2 is 1.70 bits per heavy atom. The Balaban J connectivity index is 1.41. The van der Waals surface area contributed by atoms with Crippen molar-refractivity contribution in [1.82, 2.24) is 15.3 Å². The molecule has 8 heteroatoms. The summed E-state index contributed by atoms with van der Waals surface area (Å²) in [6.45, 7) is 0.209. The predicted octanol–water partition coefficient (Wildman–Crippen LogP) is 4.37. The standard InChI is InChI=1S/C22H17F2N3O2S/c23-16-5-1-14(2-6-16)9-10-25-19(28)11-29-21-20-18(12-30-22(20)27-13-26-21)15-3-7-17(24)8-4-15/h1-8,12-13H,9-11H2,(H,25,28). The van der Waals surface area contributed by atoms with Gasteiger partial charge in [-0.2, -0.15) is 0 Å². The highest BCUT2D eigenvalue weighted by Gasteiger charge is 2.15. The molecule has 0 aliphatic heterocycles. The molecule has 0 radical (unpaired) electrons. The number of nitrogens with one attached hydrogen (secondary N) is 1. The maximum Gasteiger partial charge on any atom is 0.258 e. The lowest BCUT2D eigenvalue weighted by molar-refractivity contribution is -0.123. The average molecular weight is 425 g/mol. The summed E-state index contributed by atoms with van der Waals surface area (Å²) in [6, 6.07) is 12.3. The number of ether oxygens (including phenoxy) is 1. The fourth-order valence-electron chi connectivity index (χ4n) is 2.98. The van der Waals surface area contributed by atoms with E-state index in [1.165, 1.54) is 41.9 Å². The van der Waals surface area contributed by atoms with Gasteiger partial charge in [0.05, 0.1) is 5.39 Å². The van der Waals surface area contributed by atoms with Gasteiger partial charge in [0.25, 0.3) is 5.91 Å². The Bertz CT molecular complexity index is 1160. The number of aromatic nitrogens is 2. The maximum atomic E-state index is 13.3. The maximum absolute atomic E-state index is 13.3. The minimum absolute atomic E-state index is 0.200. The van der Waals surface area contributed by atoms with Crippen molar-refractivity contribution >= 4 is 27.5 Å². The van der Waals surface area contributed by atoms with E-state index in [1.54, 1.807) is 24.3 Å². The molecule has 152 valence electrons. The number of hydrogen-bond acceptors (Lipinski definition) is 5. The Morgan fingerprint density at radius 1 is 1.00 bits per heavy atom. The summed E-state index contributed by atoms with van der Waals surface area (Å²) in [5.74, 6) is -0.596. The van der Waals surface area contributed by atoms with Gasteiger partial charge in [-0.05, 0) is 41.8 Å². The second kappa shape index (κ2) is 8.96. The van der Waals surface area contributed by atoms with Gasteiger partial charge < -0.3 is 10.1 Å². The van der Waals surface area contributed by atoms with Crippen LogP contribution in [0.4, 0.5) is 8.78 Å². The molecule has 0 saturated heterocycles. The van der Waals surface area contributed by atoms with Crippen LogP contribution < -0.4 is 10.1 Å². The number of rotatable bonds is 7. The summed E-state index contributed by atoms with van der Waals surface area (Å²) in [4.78, 5) is 21.3. The molecule has 0 aliphatic carbocycles. The molecular formula is C22H17F2N3O2S. The zero-order valence-corrected chi connectivity index (χ0v) is 16.6. The molecule has 0 spiro atoms. The van der Waals surface area contributed by atoms with E-state index in [0.717, 1.165) is 21.5 Å². The topological polar surface area (TPSA) is 64.1 Å². The van der Waals surface area contributed by atoms with Gasteiger partial charge in [0.1, 0.15) is 22.8 Å². The molecule has 5 nitrogen and oxygen atoms in total. The molecule has 2 aromatic carbocycles. The Hall–Kier alpha value is -3.39. The van der Waals surface area contributed by atoms with Crippen LogP contribution in [0.5, 0.6) is 5.88 Å². The predicted molar refractivity (Wildman–Crippen MR) is 111 cm³/mol. The van der Waals surface area contributed by atoms with Crippen molar-refractivity contribution in [3.63, 3.8) is 0 Å². The van der Waals surface area contributed by atoms with Crippen LogP contribution in [0.1, 0.15) is 5.56 Å². The number of amides is 1. The SMILES string of the molecule is O=C(COc1ncnc2scc(-c3ccc(F)cc3)c12)NCCc1ccc(F)cc1.